The van der Waals surface area contributed by atoms with Gasteiger partial charge in [-0.25, -0.2) is 0 Å². The Morgan fingerprint density at radius 3 is 1.05 bits per heavy atom. The van der Waals surface area contributed by atoms with Crippen molar-refractivity contribution < 1.29 is 0 Å². The molecule has 0 saturated carbocycles. The van der Waals surface area contributed by atoms with Crippen molar-refractivity contribution in [3.05, 3.63) is 171 Å². The Hall–Kier alpha value is -7.70. The second-order valence-corrected chi connectivity index (χ2v) is 14.7. The fourth-order valence-electron chi connectivity index (χ4n) is 9.52. The van der Waals surface area contributed by atoms with Crippen LogP contribution in [0.1, 0.15) is 0 Å². The number of hydrogen-bond acceptors (Lipinski definition) is 4. The van der Waals surface area contributed by atoms with Crippen LogP contribution in [0, 0.1) is 0 Å². The first kappa shape index (κ1) is 29.7. The largest absolute Gasteiger partial charge is 0.305 e. The van der Waals surface area contributed by atoms with E-state index in [9.17, 15) is 0 Å². The third-order valence-electron chi connectivity index (χ3n) is 11.8. The highest BCUT2D eigenvalue weighted by Crippen LogP contribution is 2.49. The maximum Gasteiger partial charge on any atom is 0.0970 e. The van der Waals surface area contributed by atoms with Gasteiger partial charge in [-0.15, -0.1) is 0 Å². The molecule has 0 aliphatic rings. The fraction of sp³-hybridized carbons (Fsp3) is 0. The molecule has 13 aromatic rings. The van der Waals surface area contributed by atoms with Crippen LogP contribution in [0.25, 0.3) is 121 Å². The summed E-state index contributed by atoms with van der Waals surface area (Å²) in [5.41, 5.74) is 17.4. The summed E-state index contributed by atoms with van der Waals surface area (Å²) in [6.07, 6.45) is 12.2. The summed E-state index contributed by atoms with van der Waals surface area (Å²) >= 11 is 0. The molecule has 258 valence electrons. The molecule has 56 heavy (non-hydrogen) atoms. The quantitative estimate of drug-likeness (QED) is 0.182. The van der Waals surface area contributed by atoms with Crippen molar-refractivity contribution in [2.45, 2.75) is 0 Å². The van der Waals surface area contributed by atoms with Gasteiger partial charge in [0.25, 0.3) is 0 Å². The minimum atomic E-state index is 0.972. The Morgan fingerprint density at radius 1 is 0.321 bits per heavy atom. The van der Waals surface area contributed by atoms with Crippen molar-refractivity contribution in [3.63, 3.8) is 0 Å². The van der Waals surface area contributed by atoms with Gasteiger partial charge in [-0.1, -0.05) is 121 Å². The van der Waals surface area contributed by atoms with Gasteiger partial charge < -0.3 is 8.80 Å². The molecule has 6 nitrogen and oxygen atoms in total. The smallest absolute Gasteiger partial charge is 0.0970 e. The Balaban J connectivity index is 1.23. The van der Waals surface area contributed by atoms with E-state index in [0.717, 1.165) is 99.4 Å². The fourth-order valence-corrected chi connectivity index (χ4v) is 9.52. The number of hydrogen-bond donors (Lipinski definition) is 0. The summed E-state index contributed by atoms with van der Waals surface area (Å²) in [5, 5.41) is 6.91. The van der Waals surface area contributed by atoms with Crippen LogP contribution in [0.5, 0.6) is 0 Å². The molecule has 13 rings (SSSR count). The van der Waals surface area contributed by atoms with E-state index in [-0.39, 0.29) is 0 Å². The third-order valence-corrected chi connectivity index (χ3v) is 11.8. The number of benzene rings is 5. The first-order valence-electron chi connectivity index (χ1n) is 18.9. The van der Waals surface area contributed by atoms with Crippen molar-refractivity contribution in [3.8, 4) is 44.5 Å². The Kier molecular flexibility index (Phi) is 5.80. The van der Waals surface area contributed by atoms with Crippen LogP contribution in [-0.4, -0.2) is 28.7 Å². The minimum Gasteiger partial charge on any atom is -0.305 e. The molecule has 0 atom stereocenters. The molecule has 0 amide bonds. The topological polar surface area (TPSA) is 60.4 Å². The number of rotatable bonds is 4. The van der Waals surface area contributed by atoms with Crippen LogP contribution in [0.4, 0.5) is 0 Å². The monoisotopic (exact) mass is 712 g/mol. The van der Waals surface area contributed by atoms with Gasteiger partial charge in [0.1, 0.15) is 0 Å². The normalized spacial score (nSPS) is 12.3. The summed E-state index contributed by atoms with van der Waals surface area (Å²) in [5.74, 6) is 0. The van der Waals surface area contributed by atoms with Gasteiger partial charge in [0, 0.05) is 79.4 Å². The third kappa shape index (κ3) is 3.79. The average Bonchev–Trinajstić information content (AvgIpc) is 4.00. The van der Waals surface area contributed by atoms with E-state index in [1.165, 1.54) is 21.5 Å². The molecule has 5 aromatic carbocycles. The zero-order chi connectivity index (χ0) is 36.5. The van der Waals surface area contributed by atoms with E-state index in [1.54, 1.807) is 0 Å². The van der Waals surface area contributed by atoms with Gasteiger partial charge in [-0.3, -0.25) is 19.9 Å². The zero-order valence-electron chi connectivity index (χ0n) is 29.8. The molecule has 0 N–H and O–H groups in total. The minimum absolute atomic E-state index is 0.972. The first-order valence-corrected chi connectivity index (χ1v) is 18.9. The summed E-state index contributed by atoms with van der Waals surface area (Å²) in [7, 11) is 0. The predicted molar refractivity (Wildman–Crippen MR) is 229 cm³/mol. The lowest BCUT2D eigenvalue weighted by molar-refractivity contribution is 1.29. The lowest BCUT2D eigenvalue weighted by Gasteiger charge is -2.09. The van der Waals surface area contributed by atoms with Crippen molar-refractivity contribution in [1.82, 2.24) is 28.7 Å². The standard InChI is InChI=1S/C50H28N6/c1-5-13-29(14-6-1)35-23-51-27-41-43(35)45-37(31-17-9-3-10-18-31)25-53-47-33-21-34-40(22-39(33)55(41)49(45)47)56-42-28-52-24-36(30-15-7-2-8-16-30)44(42)46-38(26-54-48(34)50(46)56)32-19-11-4-12-20-32/h1-28H. The summed E-state index contributed by atoms with van der Waals surface area (Å²) in [6, 6.07) is 47.1. The summed E-state index contributed by atoms with van der Waals surface area (Å²) < 4.78 is 4.80. The second-order valence-electron chi connectivity index (χ2n) is 14.7. The maximum absolute atomic E-state index is 5.27. The Bertz CT molecular complexity index is 3430. The van der Waals surface area contributed by atoms with E-state index in [4.69, 9.17) is 19.9 Å². The van der Waals surface area contributed by atoms with Gasteiger partial charge in [-0.2, -0.15) is 0 Å². The van der Waals surface area contributed by atoms with E-state index in [0.29, 0.717) is 0 Å². The molecule has 0 spiro atoms. The molecule has 6 heteroatoms. The van der Waals surface area contributed by atoms with E-state index >= 15 is 0 Å². The summed E-state index contributed by atoms with van der Waals surface area (Å²) in [6.45, 7) is 0. The number of nitrogens with zero attached hydrogens (tertiary/aromatic N) is 6. The molecule has 0 radical (unpaired) electrons. The average molecular weight is 713 g/mol. The van der Waals surface area contributed by atoms with Gasteiger partial charge >= 0.3 is 0 Å². The number of pyridine rings is 4. The molecule has 0 bridgehead atoms. The van der Waals surface area contributed by atoms with Gasteiger partial charge in [0.05, 0.1) is 56.5 Å². The number of fused-ring (bicyclic) bond motifs is 12. The molecular formula is C50H28N6. The molecule has 0 unspecified atom stereocenters. The SMILES string of the molecule is c1ccc(-c2cncc3c2c2c(-c4ccccc4)cnc4c5cc6c7ncc(-c8ccccc8)c8c9c(-c%10ccccc%10)cncc9n(c6cc5n3c42)c78)cc1. The van der Waals surface area contributed by atoms with E-state index in [2.05, 4.69) is 155 Å². The summed E-state index contributed by atoms with van der Waals surface area (Å²) in [4.78, 5) is 20.3. The molecule has 0 aliphatic carbocycles. The van der Waals surface area contributed by atoms with Gasteiger partial charge in [0.15, 0.2) is 0 Å². The predicted octanol–water partition coefficient (Wildman–Crippen LogP) is 12.2. The second kappa shape index (κ2) is 10.9. The molecule has 0 saturated heterocycles. The maximum atomic E-state index is 5.27. The highest BCUT2D eigenvalue weighted by Gasteiger charge is 2.28. The van der Waals surface area contributed by atoms with Gasteiger partial charge in [-0.05, 0) is 34.4 Å². The van der Waals surface area contributed by atoms with Crippen molar-refractivity contribution in [1.29, 1.82) is 0 Å². The van der Waals surface area contributed by atoms with Crippen LogP contribution >= 0.6 is 0 Å². The van der Waals surface area contributed by atoms with Crippen molar-refractivity contribution in [2.75, 3.05) is 0 Å². The zero-order valence-corrected chi connectivity index (χ0v) is 29.8. The van der Waals surface area contributed by atoms with Crippen LogP contribution < -0.4 is 0 Å². The molecule has 8 aromatic heterocycles. The van der Waals surface area contributed by atoms with Gasteiger partial charge in [0.2, 0.25) is 0 Å². The van der Waals surface area contributed by atoms with Crippen LogP contribution in [0.2, 0.25) is 0 Å². The first-order chi connectivity index (χ1) is 27.8. The lowest BCUT2D eigenvalue weighted by atomic mass is 9.96. The van der Waals surface area contributed by atoms with E-state index in [1.807, 2.05) is 24.8 Å². The highest BCUT2D eigenvalue weighted by molar-refractivity contribution is 6.32. The highest BCUT2D eigenvalue weighted by atomic mass is 15.0. The van der Waals surface area contributed by atoms with Crippen LogP contribution in [0.15, 0.2) is 171 Å². The molecule has 8 heterocycles. The Morgan fingerprint density at radius 2 is 0.679 bits per heavy atom. The number of aromatic nitrogens is 6. The van der Waals surface area contributed by atoms with Crippen molar-refractivity contribution in [2.24, 2.45) is 0 Å². The molecular weight excluding hydrogens is 685 g/mol. The van der Waals surface area contributed by atoms with E-state index < -0.39 is 0 Å². The Labute approximate surface area is 319 Å². The lowest BCUT2D eigenvalue weighted by Crippen LogP contribution is -1.88. The molecule has 0 aliphatic heterocycles. The van der Waals surface area contributed by atoms with Crippen LogP contribution in [0.3, 0.4) is 0 Å². The molecule has 0 fully saturated rings. The van der Waals surface area contributed by atoms with Crippen LogP contribution in [-0.2, 0) is 0 Å². The van der Waals surface area contributed by atoms with Crippen molar-refractivity contribution >= 4 is 76.5 Å².